The molecular weight excluding hydrogens is 246 g/mol. The summed E-state index contributed by atoms with van der Waals surface area (Å²) >= 11 is 0. The molecule has 4 atom stereocenters. The number of nitrogens with one attached hydrogen (secondary N) is 1. The lowest BCUT2D eigenvalue weighted by Crippen LogP contribution is -2.41. The van der Waals surface area contributed by atoms with Crippen molar-refractivity contribution in [3.8, 4) is 5.75 Å². The van der Waals surface area contributed by atoms with Crippen molar-refractivity contribution in [2.45, 2.75) is 59.0 Å². The van der Waals surface area contributed by atoms with Gasteiger partial charge in [0.05, 0.1) is 7.11 Å². The molecule has 1 fully saturated rings. The lowest BCUT2D eigenvalue weighted by Gasteiger charge is -2.36. The molecule has 0 amide bonds. The van der Waals surface area contributed by atoms with Crippen LogP contribution in [0.25, 0.3) is 0 Å². The first-order chi connectivity index (χ1) is 9.52. The fourth-order valence-corrected chi connectivity index (χ4v) is 3.40. The van der Waals surface area contributed by atoms with E-state index in [0.29, 0.717) is 12.1 Å². The third-order valence-corrected chi connectivity index (χ3v) is 5.03. The first kappa shape index (κ1) is 15.4. The van der Waals surface area contributed by atoms with E-state index < -0.39 is 0 Å². The van der Waals surface area contributed by atoms with Crippen molar-refractivity contribution in [1.29, 1.82) is 0 Å². The Morgan fingerprint density at radius 3 is 2.70 bits per heavy atom. The molecule has 1 N–H and O–H groups in total. The van der Waals surface area contributed by atoms with E-state index in [-0.39, 0.29) is 0 Å². The number of aryl methyl sites for hydroxylation is 1. The van der Waals surface area contributed by atoms with Crippen molar-refractivity contribution in [3.05, 3.63) is 29.3 Å². The van der Waals surface area contributed by atoms with Crippen LogP contribution in [0.2, 0.25) is 0 Å². The molecule has 0 radical (unpaired) electrons. The molecule has 0 heterocycles. The Bertz CT molecular complexity index is 443. The zero-order chi connectivity index (χ0) is 14.7. The minimum Gasteiger partial charge on any atom is -0.496 e. The Kier molecular flexibility index (Phi) is 5.09. The van der Waals surface area contributed by atoms with E-state index in [1.165, 1.54) is 30.4 Å². The smallest absolute Gasteiger partial charge is 0.123 e. The highest BCUT2D eigenvalue weighted by atomic mass is 16.5. The predicted octanol–water partition coefficient (Wildman–Crippen LogP) is 4.48. The largest absolute Gasteiger partial charge is 0.496 e. The maximum atomic E-state index is 5.54. The third kappa shape index (κ3) is 3.35. The monoisotopic (exact) mass is 275 g/mol. The van der Waals surface area contributed by atoms with E-state index in [2.05, 4.69) is 51.2 Å². The summed E-state index contributed by atoms with van der Waals surface area (Å²) in [4.78, 5) is 0. The van der Waals surface area contributed by atoms with Crippen LogP contribution in [0.15, 0.2) is 18.2 Å². The zero-order valence-corrected chi connectivity index (χ0v) is 13.6. The van der Waals surface area contributed by atoms with Gasteiger partial charge in [0.2, 0.25) is 0 Å². The van der Waals surface area contributed by atoms with Gasteiger partial charge in [0, 0.05) is 17.6 Å². The molecule has 0 aromatic heterocycles. The lowest BCUT2D eigenvalue weighted by atomic mass is 9.77. The second kappa shape index (κ2) is 6.62. The molecule has 2 rings (SSSR count). The number of ether oxygens (including phenoxy) is 1. The Morgan fingerprint density at radius 1 is 1.25 bits per heavy atom. The molecule has 0 saturated heterocycles. The summed E-state index contributed by atoms with van der Waals surface area (Å²) in [6.07, 6.45) is 4.02. The maximum absolute atomic E-state index is 5.54. The number of rotatable bonds is 4. The van der Waals surface area contributed by atoms with Gasteiger partial charge in [-0.1, -0.05) is 38.8 Å². The summed E-state index contributed by atoms with van der Waals surface area (Å²) in [5.74, 6) is 2.58. The van der Waals surface area contributed by atoms with Gasteiger partial charge >= 0.3 is 0 Å². The Balaban J connectivity index is 2.09. The number of benzene rings is 1. The van der Waals surface area contributed by atoms with E-state index in [1.54, 1.807) is 7.11 Å². The Morgan fingerprint density at radius 2 is 2.00 bits per heavy atom. The third-order valence-electron chi connectivity index (χ3n) is 5.03. The molecule has 1 aliphatic carbocycles. The van der Waals surface area contributed by atoms with Crippen molar-refractivity contribution < 1.29 is 4.74 Å². The van der Waals surface area contributed by atoms with Crippen LogP contribution in [0.5, 0.6) is 5.75 Å². The van der Waals surface area contributed by atoms with Gasteiger partial charge in [-0.25, -0.2) is 0 Å². The van der Waals surface area contributed by atoms with Gasteiger partial charge in [0.15, 0.2) is 0 Å². The van der Waals surface area contributed by atoms with E-state index >= 15 is 0 Å². The van der Waals surface area contributed by atoms with Crippen LogP contribution in [-0.2, 0) is 0 Å². The van der Waals surface area contributed by atoms with Gasteiger partial charge in [-0.3, -0.25) is 0 Å². The quantitative estimate of drug-likeness (QED) is 0.875. The molecule has 0 bridgehead atoms. The van der Waals surface area contributed by atoms with Crippen LogP contribution in [0.1, 0.15) is 57.2 Å². The van der Waals surface area contributed by atoms with Crippen molar-refractivity contribution >= 4 is 0 Å². The second-order valence-electron chi connectivity index (χ2n) is 6.51. The topological polar surface area (TPSA) is 21.3 Å². The van der Waals surface area contributed by atoms with Crippen LogP contribution >= 0.6 is 0 Å². The van der Waals surface area contributed by atoms with E-state index in [4.69, 9.17) is 4.74 Å². The lowest BCUT2D eigenvalue weighted by molar-refractivity contribution is 0.195. The minimum atomic E-state index is 0.336. The van der Waals surface area contributed by atoms with Gasteiger partial charge < -0.3 is 10.1 Å². The molecule has 0 aliphatic heterocycles. The zero-order valence-electron chi connectivity index (χ0n) is 13.6. The summed E-state index contributed by atoms with van der Waals surface area (Å²) < 4.78 is 5.54. The van der Waals surface area contributed by atoms with Gasteiger partial charge in [0.25, 0.3) is 0 Å². The molecular formula is C18H29NO. The molecule has 2 heteroatoms. The summed E-state index contributed by atoms with van der Waals surface area (Å²) in [7, 11) is 1.76. The van der Waals surface area contributed by atoms with E-state index in [9.17, 15) is 0 Å². The highest BCUT2D eigenvalue weighted by Gasteiger charge is 2.28. The predicted molar refractivity (Wildman–Crippen MR) is 85.2 cm³/mol. The maximum Gasteiger partial charge on any atom is 0.123 e. The van der Waals surface area contributed by atoms with Crippen molar-refractivity contribution in [2.75, 3.05) is 7.11 Å². The molecule has 112 valence electrons. The minimum absolute atomic E-state index is 0.336. The van der Waals surface area contributed by atoms with Crippen LogP contribution in [0.4, 0.5) is 0 Å². The average Bonchev–Trinajstić information content (AvgIpc) is 2.43. The average molecular weight is 275 g/mol. The van der Waals surface area contributed by atoms with Crippen molar-refractivity contribution in [3.63, 3.8) is 0 Å². The normalized spacial score (nSPS) is 28.1. The Hall–Kier alpha value is -1.02. The van der Waals surface area contributed by atoms with Gasteiger partial charge in [-0.05, 0) is 43.7 Å². The second-order valence-corrected chi connectivity index (χ2v) is 6.51. The van der Waals surface area contributed by atoms with Gasteiger partial charge in [-0.15, -0.1) is 0 Å². The molecule has 0 spiro atoms. The van der Waals surface area contributed by atoms with E-state index in [1.807, 2.05) is 0 Å². The SMILES string of the molecule is COc1cc(C)ccc1C(C)NC1CCCC(C)C1C. The number of hydrogen-bond acceptors (Lipinski definition) is 2. The fraction of sp³-hybridized carbons (Fsp3) is 0.667. The van der Waals surface area contributed by atoms with E-state index in [0.717, 1.165) is 17.6 Å². The summed E-state index contributed by atoms with van der Waals surface area (Å²) in [5.41, 5.74) is 2.51. The van der Waals surface area contributed by atoms with Gasteiger partial charge in [0.1, 0.15) is 5.75 Å². The van der Waals surface area contributed by atoms with Crippen LogP contribution < -0.4 is 10.1 Å². The standard InChI is InChI=1S/C18H29NO/c1-12-9-10-16(18(11-12)20-5)15(4)19-17-8-6-7-13(2)14(17)3/h9-11,13-15,17,19H,6-8H2,1-5H3. The molecule has 1 saturated carbocycles. The molecule has 2 nitrogen and oxygen atoms in total. The highest BCUT2D eigenvalue weighted by molar-refractivity contribution is 5.39. The molecule has 1 aliphatic rings. The highest BCUT2D eigenvalue weighted by Crippen LogP contribution is 2.32. The first-order valence-corrected chi connectivity index (χ1v) is 7.93. The van der Waals surface area contributed by atoms with Crippen LogP contribution in [-0.4, -0.2) is 13.2 Å². The molecule has 4 unspecified atom stereocenters. The molecule has 20 heavy (non-hydrogen) atoms. The van der Waals surface area contributed by atoms with Crippen LogP contribution in [0.3, 0.4) is 0 Å². The van der Waals surface area contributed by atoms with Crippen molar-refractivity contribution in [1.82, 2.24) is 5.32 Å². The summed E-state index contributed by atoms with van der Waals surface area (Å²) in [6, 6.07) is 7.45. The molecule has 1 aromatic rings. The Labute approximate surface area is 123 Å². The van der Waals surface area contributed by atoms with Gasteiger partial charge in [-0.2, -0.15) is 0 Å². The van der Waals surface area contributed by atoms with Crippen molar-refractivity contribution in [2.24, 2.45) is 11.8 Å². The summed E-state index contributed by atoms with van der Waals surface area (Å²) in [6.45, 7) is 9.13. The number of hydrogen-bond donors (Lipinski definition) is 1. The summed E-state index contributed by atoms with van der Waals surface area (Å²) in [5, 5.41) is 3.83. The van der Waals surface area contributed by atoms with Crippen LogP contribution in [0, 0.1) is 18.8 Å². The molecule has 1 aromatic carbocycles. The number of methoxy groups -OCH3 is 1. The fourth-order valence-electron chi connectivity index (χ4n) is 3.40. The first-order valence-electron chi connectivity index (χ1n) is 7.93.